The highest BCUT2D eigenvalue weighted by Crippen LogP contribution is 2.24. The van der Waals surface area contributed by atoms with Crippen LogP contribution in [0, 0.1) is 0 Å². The lowest BCUT2D eigenvalue weighted by molar-refractivity contribution is -0.153. The van der Waals surface area contributed by atoms with Gasteiger partial charge in [-0.15, -0.1) is 0 Å². The number of methoxy groups -OCH3 is 1. The molecule has 0 radical (unpaired) electrons. The van der Waals surface area contributed by atoms with Crippen molar-refractivity contribution in [3.63, 3.8) is 0 Å². The first-order valence-electron chi connectivity index (χ1n) is 8.30. The van der Waals surface area contributed by atoms with E-state index in [9.17, 15) is 9.59 Å². The van der Waals surface area contributed by atoms with Gasteiger partial charge < -0.3 is 14.5 Å². The topological polar surface area (TPSA) is 49.9 Å². The number of ether oxygens (including phenoxy) is 1. The average Bonchev–Trinajstić information content (AvgIpc) is 2.66. The molecule has 130 valence electrons. The molecule has 2 aromatic carbocycles. The summed E-state index contributed by atoms with van der Waals surface area (Å²) in [6, 6.07) is 17.1. The van der Waals surface area contributed by atoms with Crippen LogP contribution >= 0.6 is 0 Å². The van der Waals surface area contributed by atoms with Crippen molar-refractivity contribution in [3.05, 3.63) is 65.7 Å². The monoisotopic (exact) mass is 338 g/mol. The molecular weight excluding hydrogens is 316 g/mol. The minimum atomic E-state index is -0.573. The van der Waals surface area contributed by atoms with Crippen molar-refractivity contribution < 1.29 is 14.3 Å². The third-order valence-electron chi connectivity index (χ3n) is 4.61. The normalized spacial score (nSPS) is 16.1. The molecule has 0 aromatic heterocycles. The van der Waals surface area contributed by atoms with E-state index >= 15 is 0 Å². The Kier molecular flexibility index (Phi) is 5.03. The summed E-state index contributed by atoms with van der Waals surface area (Å²) in [5.41, 5.74) is 3.14. The average molecular weight is 338 g/mol. The highest BCUT2D eigenvalue weighted by Gasteiger charge is 2.35. The Morgan fingerprint density at radius 2 is 1.72 bits per heavy atom. The minimum absolute atomic E-state index is 0.0868. The molecule has 5 heteroatoms. The van der Waals surface area contributed by atoms with Gasteiger partial charge in [0, 0.05) is 25.7 Å². The third kappa shape index (κ3) is 3.65. The van der Waals surface area contributed by atoms with E-state index in [4.69, 9.17) is 4.74 Å². The molecule has 0 saturated heterocycles. The molecule has 25 heavy (non-hydrogen) atoms. The molecule has 1 amide bonds. The van der Waals surface area contributed by atoms with Crippen molar-refractivity contribution in [2.24, 2.45) is 0 Å². The van der Waals surface area contributed by atoms with Gasteiger partial charge in [0.1, 0.15) is 6.04 Å². The molecule has 0 fully saturated rings. The van der Waals surface area contributed by atoms with Gasteiger partial charge in [-0.3, -0.25) is 4.79 Å². The van der Waals surface area contributed by atoms with Gasteiger partial charge in [0.05, 0.1) is 13.7 Å². The van der Waals surface area contributed by atoms with Gasteiger partial charge in [0.25, 0.3) is 0 Å². The number of likely N-dealkylation sites (N-methyl/N-ethyl adjacent to an activating group) is 1. The first-order valence-corrected chi connectivity index (χ1v) is 8.30. The van der Waals surface area contributed by atoms with Crippen LogP contribution in [0.25, 0.3) is 0 Å². The van der Waals surface area contributed by atoms with Crippen molar-refractivity contribution >= 4 is 17.6 Å². The molecule has 0 spiro atoms. The highest BCUT2D eigenvalue weighted by atomic mass is 16.5. The summed E-state index contributed by atoms with van der Waals surface area (Å²) in [7, 11) is 3.24. The summed E-state index contributed by atoms with van der Waals surface area (Å²) in [5, 5.41) is 0. The summed E-state index contributed by atoms with van der Waals surface area (Å²) in [4.78, 5) is 28.6. The Bertz CT molecular complexity index is 761. The number of benzene rings is 2. The Labute approximate surface area is 147 Å². The minimum Gasteiger partial charge on any atom is -0.467 e. The van der Waals surface area contributed by atoms with Crippen molar-refractivity contribution in [3.8, 4) is 0 Å². The second kappa shape index (κ2) is 7.38. The summed E-state index contributed by atoms with van der Waals surface area (Å²) < 4.78 is 4.93. The zero-order valence-corrected chi connectivity index (χ0v) is 14.5. The van der Waals surface area contributed by atoms with E-state index in [1.165, 1.54) is 7.11 Å². The maximum Gasteiger partial charge on any atom is 0.328 e. The third-order valence-corrected chi connectivity index (χ3v) is 4.61. The van der Waals surface area contributed by atoms with E-state index < -0.39 is 6.04 Å². The van der Waals surface area contributed by atoms with Gasteiger partial charge in [-0.2, -0.15) is 0 Å². The number of carbonyl (C=O) groups excluding carboxylic acids is 2. The maximum atomic E-state index is 12.9. The fraction of sp³-hybridized carbons (Fsp3) is 0.300. The van der Waals surface area contributed by atoms with E-state index in [-0.39, 0.29) is 18.4 Å². The molecule has 1 unspecified atom stereocenters. The van der Waals surface area contributed by atoms with Crippen LogP contribution in [0.15, 0.2) is 54.6 Å². The zero-order chi connectivity index (χ0) is 17.8. The number of hydrogen-bond acceptors (Lipinski definition) is 4. The van der Waals surface area contributed by atoms with Crippen LogP contribution < -0.4 is 4.90 Å². The van der Waals surface area contributed by atoms with E-state index in [2.05, 4.69) is 0 Å². The van der Waals surface area contributed by atoms with Gasteiger partial charge >= 0.3 is 5.97 Å². The van der Waals surface area contributed by atoms with Gasteiger partial charge in [0.15, 0.2) is 0 Å². The largest absolute Gasteiger partial charge is 0.467 e. The van der Waals surface area contributed by atoms with E-state index in [0.717, 1.165) is 16.8 Å². The van der Waals surface area contributed by atoms with Gasteiger partial charge in [-0.05, 0) is 23.3 Å². The number of fused-ring (bicyclic) bond motifs is 1. The number of amides is 1. The molecule has 5 nitrogen and oxygen atoms in total. The van der Waals surface area contributed by atoms with Crippen molar-refractivity contribution in [1.82, 2.24) is 4.90 Å². The number of nitrogens with zero attached hydrogens (tertiary/aromatic N) is 2. The molecule has 0 saturated carbocycles. The molecule has 1 aliphatic heterocycles. The van der Waals surface area contributed by atoms with Crippen LogP contribution in [0.1, 0.15) is 11.1 Å². The lowest BCUT2D eigenvalue weighted by Gasteiger charge is -2.36. The number of carbonyl (C=O) groups is 2. The first kappa shape index (κ1) is 17.0. The van der Waals surface area contributed by atoms with E-state index in [1.807, 2.05) is 66.5 Å². The molecule has 3 rings (SSSR count). The van der Waals surface area contributed by atoms with Crippen molar-refractivity contribution in [1.29, 1.82) is 0 Å². The summed E-state index contributed by atoms with van der Waals surface area (Å²) in [5.74, 6) is -0.457. The van der Waals surface area contributed by atoms with Crippen molar-refractivity contribution in [2.75, 3.05) is 25.6 Å². The SMILES string of the molecule is COC(=O)C1Cc2ccccc2CN1C(=O)CN(C)c1ccccc1. The van der Waals surface area contributed by atoms with E-state index in [0.29, 0.717) is 13.0 Å². The molecular formula is C20H22N2O3. The second-order valence-corrected chi connectivity index (χ2v) is 6.23. The Morgan fingerprint density at radius 1 is 1.08 bits per heavy atom. The number of hydrogen-bond donors (Lipinski definition) is 0. The van der Waals surface area contributed by atoms with Gasteiger partial charge in [-0.25, -0.2) is 4.79 Å². The number of esters is 1. The molecule has 0 aliphatic carbocycles. The van der Waals surface area contributed by atoms with Gasteiger partial charge in [-0.1, -0.05) is 42.5 Å². The quantitative estimate of drug-likeness (QED) is 0.803. The van der Waals surface area contributed by atoms with Crippen LogP contribution in [-0.2, 0) is 27.3 Å². The fourth-order valence-corrected chi connectivity index (χ4v) is 3.20. The second-order valence-electron chi connectivity index (χ2n) is 6.23. The lowest BCUT2D eigenvalue weighted by Crippen LogP contribution is -2.51. The predicted molar refractivity (Wildman–Crippen MR) is 96.2 cm³/mol. The number of para-hydroxylation sites is 1. The smallest absolute Gasteiger partial charge is 0.328 e. The highest BCUT2D eigenvalue weighted by molar-refractivity contribution is 5.88. The maximum absolute atomic E-state index is 12.9. The fourth-order valence-electron chi connectivity index (χ4n) is 3.20. The molecule has 1 aliphatic rings. The number of rotatable bonds is 4. The van der Waals surface area contributed by atoms with Crippen LogP contribution in [0.5, 0.6) is 0 Å². The molecule has 2 aromatic rings. The number of anilines is 1. The van der Waals surface area contributed by atoms with Crippen LogP contribution in [0.2, 0.25) is 0 Å². The van der Waals surface area contributed by atoms with Crippen molar-refractivity contribution in [2.45, 2.75) is 19.0 Å². The predicted octanol–water partition coefficient (Wildman–Crippen LogP) is 2.25. The Balaban J connectivity index is 1.80. The molecule has 0 bridgehead atoms. The first-order chi connectivity index (χ1) is 12.1. The summed E-state index contributed by atoms with van der Waals surface area (Å²) >= 11 is 0. The Hall–Kier alpha value is -2.82. The molecule has 1 atom stereocenters. The van der Waals surface area contributed by atoms with Crippen LogP contribution in [-0.4, -0.2) is 43.5 Å². The standard InChI is InChI=1S/C20H22N2O3/c1-21(17-10-4-3-5-11-17)14-19(23)22-13-16-9-7-6-8-15(16)12-18(22)20(24)25-2/h3-11,18H,12-14H2,1-2H3. The Morgan fingerprint density at radius 3 is 2.40 bits per heavy atom. The van der Waals surface area contributed by atoms with Gasteiger partial charge in [0.2, 0.25) is 5.91 Å². The van der Waals surface area contributed by atoms with Crippen LogP contribution in [0.3, 0.4) is 0 Å². The van der Waals surface area contributed by atoms with E-state index in [1.54, 1.807) is 4.90 Å². The molecule has 0 N–H and O–H groups in total. The zero-order valence-electron chi connectivity index (χ0n) is 14.5. The summed E-state index contributed by atoms with van der Waals surface area (Å²) in [6.07, 6.45) is 0.490. The lowest BCUT2D eigenvalue weighted by atomic mass is 9.94. The summed E-state index contributed by atoms with van der Waals surface area (Å²) in [6.45, 7) is 0.636. The van der Waals surface area contributed by atoms with Crippen LogP contribution in [0.4, 0.5) is 5.69 Å². The molecule has 1 heterocycles.